The number of epoxide rings is 1. The second-order valence-electron chi connectivity index (χ2n) is 7.76. The van der Waals surface area contributed by atoms with Gasteiger partial charge in [-0.3, -0.25) is 4.79 Å². The molecule has 6 nitrogen and oxygen atoms in total. The first kappa shape index (κ1) is 16.9. The van der Waals surface area contributed by atoms with Gasteiger partial charge >= 0.3 is 11.9 Å². The molecule has 4 aliphatic rings. The second-order valence-corrected chi connectivity index (χ2v) is 7.76. The highest BCUT2D eigenvalue weighted by molar-refractivity contribution is 6.15. The van der Waals surface area contributed by atoms with Crippen LogP contribution in [0.2, 0.25) is 0 Å². The van der Waals surface area contributed by atoms with E-state index in [1.807, 2.05) is 26.8 Å². The smallest absolute Gasteiger partial charge is 0.335 e. The van der Waals surface area contributed by atoms with Crippen molar-refractivity contribution in [2.75, 3.05) is 20.8 Å². The van der Waals surface area contributed by atoms with E-state index in [0.717, 1.165) is 5.57 Å². The number of methoxy groups -OCH3 is 2. The Bertz CT molecular complexity index is 716. The number of ether oxygens (including phenoxy) is 3. The largest absolute Gasteiger partial charge is 0.466 e. The van der Waals surface area contributed by atoms with Gasteiger partial charge in [-0.25, -0.2) is 9.59 Å². The second kappa shape index (κ2) is 4.79. The van der Waals surface area contributed by atoms with Crippen LogP contribution in [0.25, 0.3) is 0 Å². The fraction of sp³-hybridized carbons (Fsp3) is 0.611. The lowest BCUT2D eigenvalue weighted by atomic mass is 9.51. The Labute approximate surface area is 140 Å². The van der Waals surface area contributed by atoms with Crippen LogP contribution in [0.3, 0.4) is 0 Å². The van der Waals surface area contributed by atoms with E-state index >= 15 is 0 Å². The van der Waals surface area contributed by atoms with Crippen molar-refractivity contribution in [3.63, 3.8) is 0 Å². The zero-order chi connectivity index (χ0) is 18.1. The number of esters is 2. The van der Waals surface area contributed by atoms with E-state index in [1.54, 1.807) is 6.92 Å². The number of Topliss-reactive ketones (excluding diaryl/α,β-unsaturated/α-hetero) is 1. The minimum atomic E-state index is -1.26. The van der Waals surface area contributed by atoms with E-state index in [0.29, 0.717) is 0 Å². The standard InChI is InChI=1S/C18H22O6/c1-16(2,3)9-7-17(4)12(14(20)23-6)10(13(19)22-5)11(9)18(8-24-18)15(17)21/h7,11H,8H2,1-6H3/t11-,17+,18+/m1/s1. The van der Waals surface area contributed by atoms with Crippen LogP contribution in [0, 0.1) is 16.7 Å². The van der Waals surface area contributed by atoms with Crippen LogP contribution in [-0.2, 0) is 28.6 Å². The molecule has 0 radical (unpaired) electrons. The first-order valence-corrected chi connectivity index (χ1v) is 7.88. The van der Waals surface area contributed by atoms with Gasteiger partial charge in [-0.2, -0.15) is 0 Å². The van der Waals surface area contributed by atoms with Gasteiger partial charge in [0.1, 0.15) is 0 Å². The summed E-state index contributed by atoms with van der Waals surface area (Å²) < 4.78 is 15.4. The molecule has 1 fully saturated rings. The number of carbonyl (C=O) groups excluding carboxylic acids is 3. The molecule has 0 saturated carbocycles. The average molecular weight is 334 g/mol. The molecule has 0 unspecified atom stereocenters. The van der Waals surface area contributed by atoms with Gasteiger partial charge in [-0.05, 0) is 12.3 Å². The molecule has 1 heterocycles. The van der Waals surface area contributed by atoms with Crippen LogP contribution < -0.4 is 0 Å². The minimum Gasteiger partial charge on any atom is -0.466 e. The van der Waals surface area contributed by atoms with E-state index in [2.05, 4.69) is 0 Å². The Morgan fingerprint density at radius 1 is 1.21 bits per heavy atom. The van der Waals surface area contributed by atoms with E-state index in [9.17, 15) is 14.4 Å². The van der Waals surface area contributed by atoms with Gasteiger partial charge in [0.15, 0.2) is 11.4 Å². The molecule has 1 spiro atoms. The van der Waals surface area contributed by atoms with E-state index in [4.69, 9.17) is 14.2 Å². The monoisotopic (exact) mass is 334 g/mol. The molecule has 1 aliphatic heterocycles. The minimum absolute atomic E-state index is 0.0703. The Balaban J connectivity index is 2.35. The van der Waals surface area contributed by atoms with Crippen LogP contribution >= 0.6 is 0 Å². The maximum Gasteiger partial charge on any atom is 0.335 e. The zero-order valence-corrected chi connectivity index (χ0v) is 14.8. The molecule has 130 valence electrons. The molecule has 2 bridgehead atoms. The molecule has 3 aliphatic carbocycles. The summed E-state index contributed by atoms with van der Waals surface area (Å²) in [4.78, 5) is 38.0. The van der Waals surface area contributed by atoms with E-state index < -0.39 is 28.9 Å². The lowest BCUT2D eigenvalue weighted by molar-refractivity contribution is -0.146. The molecular weight excluding hydrogens is 312 g/mol. The van der Waals surface area contributed by atoms with Crippen molar-refractivity contribution < 1.29 is 28.6 Å². The summed E-state index contributed by atoms with van der Waals surface area (Å²) in [6.45, 7) is 7.92. The van der Waals surface area contributed by atoms with Crippen molar-refractivity contribution in [3.8, 4) is 0 Å². The molecule has 6 heteroatoms. The molecule has 0 aromatic carbocycles. The SMILES string of the molecule is COC(=O)C1=C(C(=O)OC)[C@]2(C)C=C(C(C)(C)C)[C@H]1[C@@]1(CO1)C2=O. The maximum atomic E-state index is 13.1. The van der Waals surface area contributed by atoms with Crippen molar-refractivity contribution >= 4 is 17.7 Å². The summed E-state index contributed by atoms with van der Waals surface area (Å²) >= 11 is 0. The van der Waals surface area contributed by atoms with Crippen molar-refractivity contribution in [2.24, 2.45) is 16.7 Å². The maximum absolute atomic E-state index is 13.1. The summed E-state index contributed by atoms with van der Waals surface area (Å²) in [6.07, 6.45) is 1.81. The van der Waals surface area contributed by atoms with E-state index in [1.165, 1.54) is 14.2 Å². The molecule has 3 atom stereocenters. The van der Waals surface area contributed by atoms with Crippen LogP contribution in [0.1, 0.15) is 27.7 Å². The third-order valence-electron chi connectivity index (χ3n) is 5.27. The lowest BCUT2D eigenvalue weighted by Gasteiger charge is -2.49. The summed E-state index contributed by atoms with van der Waals surface area (Å²) in [5, 5.41) is 0. The molecular formula is C18H22O6. The summed E-state index contributed by atoms with van der Waals surface area (Å²) in [7, 11) is 2.50. The highest BCUT2D eigenvalue weighted by atomic mass is 16.6. The summed E-state index contributed by atoms with van der Waals surface area (Å²) in [5.41, 5.74) is -1.45. The Morgan fingerprint density at radius 3 is 2.17 bits per heavy atom. The van der Waals surface area contributed by atoms with Gasteiger partial charge in [0.2, 0.25) is 0 Å². The van der Waals surface area contributed by atoms with Gasteiger partial charge in [0.05, 0.1) is 43.3 Å². The number of rotatable bonds is 2. The van der Waals surface area contributed by atoms with Gasteiger partial charge in [0, 0.05) is 0 Å². The fourth-order valence-corrected chi connectivity index (χ4v) is 4.06. The number of allylic oxidation sites excluding steroid dienone is 1. The highest BCUT2D eigenvalue weighted by Gasteiger charge is 2.73. The molecule has 24 heavy (non-hydrogen) atoms. The van der Waals surface area contributed by atoms with E-state index in [-0.39, 0.29) is 29.0 Å². The normalized spacial score (nSPS) is 34.3. The zero-order valence-electron chi connectivity index (χ0n) is 14.8. The van der Waals surface area contributed by atoms with Gasteiger partial charge in [-0.1, -0.05) is 32.4 Å². The fourth-order valence-electron chi connectivity index (χ4n) is 4.06. The van der Waals surface area contributed by atoms with Gasteiger partial charge in [0.25, 0.3) is 0 Å². The van der Waals surface area contributed by atoms with Crippen LogP contribution in [-0.4, -0.2) is 44.1 Å². The number of hydrogen-bond acceptors (Lipinski definition) is 6. The lowest BCUT2D eigenvalue weighted by Crippen LogP contribution is -2.58. The van der Waals surface area contributed by atoms with Crippen molar-refractivity contribution in [2.45, 2.75) is 33.3 Å². The topological polar surface area (TPSA) is 82.2 Å². The van der Waals surface area contributed by atoms with Gasteiger partial charge < -0.3 is 14.2 Å². The van der Waals surface area contributed by atoms with Crippen molar-refractivity contribution in [1.29, 1.82) is 0 Å². The summed E-state index contributed by atoms with van der Waals surface area (Å²) in [5.74, 6) is -2.12. The average Bonchev–Trinajstić information content (AvgIpc) is 3.30. The Morgan fingerprint density at radius 2 is 1.75 bits per heavy atom. The van der Waals surface area contributed by atoms with Crippen LogP contribution in [0.4, 0.5) is 0 Å². The number of hydrogen-bond donors (Lipinski definition) is 0. The van der Waals surface area contributed by atoms with Crippen molar-refractivity contribution in [1.82, 2.24) is 0 Å². The first-order valence-electron chi connectivity index (χ1n) is 7.88. The predicted octanol–water partition coefficient (Wildman–Crippen LogP) is 1.59. The van der Waals surface area contributed by atoms with Crippen LogP contribution in [0.15, 0.2) is 22.8 Å². The Kier molecular flexibility index (Phi) is 3.37. The molecule has 0 N–H and O–H groups in total. The molecule has 0 amide bonds. The van der Waals surface area contributed by atoms with Crippen LogP contribution in [0.5, 0.6) is 0 Å². The summed E-state index contributed by atoms with van der Waals surface area (Å²) in [6, 6.07) is 0. The number of ketones is 1. The molecule has 1 saturated heterocycles. The first-order chi connectivity index (χ1) is 11.0. The molecule has 0 aromatic rings. The third-order valence-corrected chi connectivity index (χ3v) is 5.27. The highest BCUT2D eigenvalue weighted by Crippen LogP contribution is 2.62. The third kappa shape index (κ3) is 1.89. The molecule has 4 rings (SSSR count). The van der Waals surface area contributed by atoms with Gasteiger partial charge in [-0.15, -0.1) is 0 Å². The quantitative estimate of drug-likeness (QED) is 0.433. The van der Waals surface area contributed by atoms with Crippen molar-refractivity contribution in [3.05, 3.63) is 22.8 Å². The Hall–Kier alpha value is -1.95. The predicted molar refractivity (Wildman–Crippen MR) is 83.9 cm³/mol. The number of carbonyl (C=O) groups is 3. The molecule has 0 aromatic heterocycles.